The molecule has 0 bridgehead atoms. The lowest BCUT2D eigenvalue weighted by molar-refractivity contribution is 1.42. The number of aromatic nitrogens is 2. The van der Waals surface area contributed by atoms with E-state index < -0.39 is 0 Å². The van der Waals surface area contributed by atoms with Crippen LogP contribution in [0.15, 0.2) is 12.1 Å². The normalized spacial score (nSPS) is 10.5. The summed E-state index contributed by atoms with van der Waals surface area (Å²) < 4.78 is 8.38. The van der Waals surface area contributed by atoms with Gasteiger partial charge in [0.25, 0.3) is 0 Å². The van der Waals surface area contributed by atoms with Crippen LogP contribution in [0.1, 0.15) is 5.56 Å². The van der Waals surface area contributed by atoms with E-state index in [1.165, 1.54) is 17.3 Å². The Kier molecular flexibility index (Phi) is 1.69. The molecule has 62 valence electrons. The van der Waals surface area contributed by atoms with Crippen molar-refractivity contribution < 1.29 is 0 Å². The fraction of sp³-hybridized carbons (Fsp3) is 0.250. The standard InChI is InChI=1S/C8H9N3S/c1-5-3-4-6-8(7(5)9-2)11-12-10-6/h3-4,9H,1-2H3. The van der Waals surface area contributed by atoms with Gasteiger partial charge in [0.05, 0.1) is 17.4 Å². The summed E-state index contributed by atoms with van der Waals surface area (Å²) in [5.74, 6) is 0. The van der Waals surface area contributed by atoms with E-state index in [2.05, 4.69) is 27.1 Å². The third kappa shape index (κ3) is 0.956. The summed E-state index contributed by atoms with van der Waals surface area (Å²) in [6, 6.07) is 4.05. The van der Waals surface area contributed by atoms with Gasteiger partial charge in [-0.05, 0) is 18.6 Å². The Balaban J connectivity index is 2.83. The Hall–Kier alpha value is -1.16. The Labute approximate surface area is 74.8 Å². The first-order valence-corrected chi connectivity index (χ1v) is 4.45. The first kappa shape index (κ1) is 7.49. The molecule has 12 heavy (non-hydrogen) atoms. The molecule has 2 aromatic rings. The van der Waals surface area contributed by atoms with Gasteiger partial charge in [0, 0.05) is 7.05 Å². The molecule has 0 spiro atoms. The third-order valence-electron chi connectivity index (χ3n) is 1.89. The van der Waals surface area contributed by atoms with Crippen molar-refractivity contribution in [2.75, 3.05) is 12.4 Å². The van der Waals surface area contributed by atoms with Crippen LogP contribution in [0, 0.1) is 6.92 Å². The Morgan fingerprint density at radius 3 is 2.92 bits per heavy atom. The summed E-state index contributed by atoms with van der Waals surface area (Å²) in [4.78, 5) is 0. The van der Waals surface area contributed by atoms with Crippen molar-refractivity contribution in [1.82, 2.24) is 8.75 Å². The number of rotatable bonds is 1. The van der Waals surface area contributed by atoms with Gasteiger partial charge in [0.1, 0.15) is 11.0 Å². The van der Waals surface area contributed by atoms with Gasteiger partial charge in [0.2, 0.25) is 0 Å². The van der Waals surface area contributed by atoms with Gasteiger partial charge in [-0.3, -0.25) is 0 Å². The highest BCUT2D eigenvalue weighted by Crippen LogP contribution is 2.24. The van der Waals surface area contributed by atoms with Crippen molar-refractivity contribution in [2.45, 2.75) is 6.92 Å². The smallest absolute Gasteiger partial charge is 0.128 e. The molecule has 0 aliphatic rings. The van der Waals surface area contributed by atoms with Crippen LogP contribution < -0.4 is 5.32 Å². The zero-order chi connectivity index (χ0) is 8.55. The second kappa shape index (κ2) is 2.71. The molecule has 0 saturated heterocycles. The van der Waals surface area contributed by atoms with Gasteiger partial charge in [-0.15, -0.1) is 0 Å². The predicted molar refractivity (Wildman–Crippen MR) is 51.7 cm³/mol. The molecule has 0 amide bonds. The highest BCUT2D eigenvalue weighted by molar-refractivity contribution is 7.00. The second-order valence-electron chi connectivity index (χ2n) is 2.64. The monoisotopic (exact) mass is 179 g/mol. The number of hydrogen-bond donors (Lipinski definition) is 1. The minimum absolute atomic E-state index is 0.968. The van der Waals surface area contributed by atoms with Crippen LogP contribution in [-0.4, -0.2) is 15.8 Å². The number of aryl methyl sites for hydroxylation is 1. The minimum Gasteiger partial charge on any atom is -0.386 e. The first-order chi connectivity index (χ1) is 5.83. The van der Waals surface area contributed by atoms with Gasteiger partial charge in [-0.25, -0.2) is 0 Å². The summed E-state index contributed by atoms with van der Waals surface area (Å²) in [6.07, 6.45) is 0. The van der Waals surface area contributed by atoms with Crippen LogP contribution in [0.3, 0.4) is 0 Å². The minimum atomic E-state index is 0.968. The molecule has 2 rings (SSSR count). The summed E-state index contributed by atoms with van der Waals surface area (Å²) in [5, 5.41) is 3.13. The maximum absolute atomic E-state index is 4.22. The second-order valence-corrected chi connectivity index (χ2v) is 3.17. The van der Waals surface area contributed by atoms with Gasteiger partial charge in [0.15, 0.2) is 0 Å². The summed E-state index contributed by atoms with van der Waals surface area (Å²) >= 11 is 1.25. The van der Waals surface area contributed by atoms with Crippen molar-refractivity contribution in [3.05, 3.63) is 17.7 Å². The largest absolute Gasteiger partial charge is 0.386 e. The summed E-state index contributed by atoms with van der Waals surface area (Å²) in [7, 11) is 1.90. The van der Waals surface area contributed by atoms with Crippen LogP contribution in [-0.2, 0) is 0 Å². The molecule has 1 heterocycles. The van der Waals surface area contributed by atoms with Crippen molar-refractivity contribution in [3.63, 3.8) is 0 Å². The quantitative estimate of drug-likeness (QED) is 0.728. The van der Waals surface area contributed by atoms with E-state index in [4.69, 9.17) is 0 Å². The van der Waals surface area contributed by atoms with Crippen molar-refractivity contribution in [2.24, 2.45) is 0 Å². The number of benzene rings is 1. The molecule has 0 atom stereocenters. The van der Waals surface area contributed by atoms with E-state index in [9.17, 15) is 0 Å². The number of nitrogens with zero attached hydrogens (tertiary/aromatic N) is 2. The molecule has 0 radical (unpaired) electrons. The van der Waals surface area contributed by atoms with E-state index in [1.54, 1.807) is 0 Å². The molecular formula is C8H9N3S. The average Bonchev–Trinajstić information content (AvgIpc) is 2.52. The maximum atomic E-state index is 4.22. The molecule has 0 saturated carbocycles. The molecule has 0 fully saturated rings. The maximum Gasteiger partial charge on any atom is 0.128 e. The number of hydrogen-bond acceptors (Lipinski definition) is 4. The summed E-state index contributed by atoms with van der Waals surface area (Å²) in [5.41, 5.74) is 4.23. The topological polar surface area (TPSA) is 37.8 Å². The highest BCUT2D eigenvalue weighted by atomic mass is 32.1. The van der Waals surface area contributed by atoms with Crippen molar-refractivity contribution >= 4 is 28.4 Å². The molecule has 0 unspecified atom stereocenters. The predicted octanol–water partition coefficient (Wildman–Crippen LogP) is 2.04. The van der Waals surface area contributed by atoms with Crippen molar-refractivity contribution in [1.29, 1.82) is 0 Å². The van der Waals surface area contributed by atoms with E-state index in [0.29, 0.717) is 0 Å². The third-order valence-corrected chi connectivity index (χ3v) is 2.43. The molecule has 1 N–H and O–H groups in total. The van der Waals surface area contributed by atoms with Crippen molar-refractivity contribution in [3.8, 4) is 0 Å². The highest BCUT2D eigenvalue weighted by Gasteiger charge is 2.05. The van der Waals surface area contributed by atoms with Gasteiger partial charge >= 0.3 is 0 Å². The van der Waals surface area contributed by atoms with Crippen LogP contribution in [0.5, 0.6) is 0 Å². The molecule has 4 heteroatoms. The van der Waals surface area contributed by atoms with E-state index >= 15 is 0 Å². The molecule has 0 aliphatic carbocycles. The van der Waals surface area contributed by atoms with E-state index in [-0.39, 0.29) is 0 Å². The lowest BCUT2D eigenvalue weighted by Crippen LogP contribution is -1.92. The summed E-state index contributed by atoms with van der Waals surface area (Å²) in [6.45, 7) is 2.06. The number of nitrogens with one attached hydrogen (secondary N) is 1. The van der Waals surface area contributed by atoms with Gasteiger partial charge in [-0.1, -0.05) is 6.07 Å². The first-order valence-electron chi connectivity index (χ1n) is 3.72. The molecule has 3 nitrogen and oxygen atoms in total. The zero-order valence-corrected chi connectivity index (χ0v) is 7.77. The van der Waals surface area contributed by atoms with E-state index in [1.807, 2.05) is 13.1 Å². The number of fused-ring (bicyclic) bond motifs is 1. The van der Waals surface area contributed by atoms with Crippen LogP contribution >= 0.6 is 11.7 Å². The Bertz CT molecular complexity index is 408. The molecular weight excluding hydrogens is 170 g/mol. The van der Waals surface area contributed by atoms with Crippen LogP contribution in [0.25, 0.3) is 11.0 Å². The zero-order valence-electron chi connectivity index (χ0n) is 6.96. The fourth-order valence-corrected chi connectivity index (χ4v) is 1.81. The number of anilines is 1. The van der Waals surface area contributed by atoms with Gasteiger partial charge < -0.3 is 5.32 Å². The van der Waals surface area contributed by atoms with E-state index in [0.717, 1.165) is 16.7 Å². The molecule has 1 aromatic heterocycles. The van der Waals surface area contributed by atoms with Crippen LogP contribution in [0.2, 0.25) is 0 Å². The SMILES string of the molecule is CNc1c(C)ccc2nsnc12. The van der Waals surface area contributed by atoms with Gasteiger partial charge in [-0.2, -0.15) is 8.75 Å². The molecule has 1 aromatic carbocycles. The average molecular weight is 179 g/mol. The Morgan fingerprint density at radius 2 is 2.17 bits per heavy atom. The fourth-order valence-electron chi connectivity index (χ4n) is 1.27. The lowest BCUT2D eigenvalue weighted by Gasteiger charge is -2.03. The van der Waals surface area contributed by atoms with Crippen LogP contribution in [0.4, 0.5) is 5.69 Å². The lowest BCUT2D eigenvalue weighted by atomic mass is 10.2. The Morgan fingerprint density at radius 1 is 1.33 bits per heavy atom. The molecule has 0 aliphatic heterocycles.